The number of nitrogens with zero attached hydrogens (tertiary/aromatic N) is 2. The van der Waals surface area contributed by atoms with Gasteiger partial charge in [-0.15, -0.1) is 0 Å². The molecule has 0 saturated heterocycles. The third-order valence-corrected chi connectivity index (χ3v) is 3.57. The van der Waals surface area contributed by atoms with Crippen molar-refractivity contribution in [3.8, 4) is 0 Å². The van der Waals surface area contributed by atoms with Crippen LogP contribution < -0.4 is 4.87 Å². The molecule has 0 radical (unpaired) electrons. The van der Waals surface area contributed by atoms with Crippen LogP contribution in [0.2, 0.25) is 5.15 Å². The van der Waals surface area contributed by atoms with Crippen LogP contribution in [-0.4, -0.2) is 22.1 Å². The summed E-state index contributed by atoms with van der Waals surface area (Å²) in [5, 5.41) is 2.01. The largest absolute Gasteiger partial charge is 0.460 e. The van der Waals surface area contributed by atoms with Gasteiger partial charge in [0.15, 0.2) is 0 Å². The zero-order valence-corrected chi connectivity index (χ0v) is 11.7. The number of ether oxygens (including phenoxy) is 1. The van der Waals surface area contributed by atoms with Gasteiger partial charge in [-0.1, -0.05) is 22.9 Å². The summed E-state index contributed by atoms with van der Waals surface area (Å²) in [7, 11) is 0. The third-order valence-electron chi connectivity index (χ3n) is 2.49. The van der Waals surface area contributed by atoms with Crippen LogP contribution in [0, 0.1) is 6.92 Å². The molecule has 100 valence electrons. The van der Waals surface area contributed by atoms with Crippen molar-refractivity contribution in [3.05, 3.63) is 49.8 Å². The minimum absolute atomic E-state index is 0.0551. The summed E-state index contributed by atoms with van der Waals surface area (Å²) in [4.78, 5) is 26.9. The second kappa shape index (κ2) is 5.99. The molecule has 0 aromatic carbocycles. The Morgan fingerprint density at radius 3 is 3.00 bits per heavy atom. The van der Waals surface area contributed by atoms with Crippen LogP contribution in [0.5, 0.6) is 0 Å². The molecule has 5 nitrogen and oxygen atoms in total. The Kier molecular flexibility index (Phi) is 4.34. The average molecular weight is 299 g/mol. The molecular weight excluding hydrogens is 288 g/mol. The Balaban J connectivity index is 1.93. The number of thiazole rings is 1. The number of hydrogen-bond donors (Lipinski definition) is 0. The van der Waals surface area contributed by atoms with Crippen molar-refractivity contribution < 1.29 is 9.53 Å². The van der Waals surface area contributed by atoms with Gasteiger partial charge in [-0.3, -0.25) is 9.36 Å². The lowest BCUT2D eigenvalue weighted by Crippen LogP contribution is -2.19. The molecular formula is C12H11ClN2O3S. The van der Waals surface area contributed by atoms with Crippen molar-refractivity contribution >= 4 is 28.9 Å². The molecule has 0 aliphatic rings. The highest BCUT2D eigenvalue weighted by Gasteiger charge is 2.09. The maximum absolute atomic E-state index is 11.7. The second-order valence-electron chi connectivity index (χ2n) is 3.80. The second-order valence-corrected chi connectivity index (χ2v) is 5.01. The summed E-state index contributed by atoms with van der Waals surface area (Å²) in [6.07, 6.45) is 1.44. The first-order valence-corrected chi connectivity index (χ1v) is 6.77. The van der Waals surface area contributed by atoms with Gasteiger partial charge in [0, 0.05) is 17.3 Å². The van der Waals surface area contributed by atoms with Crippen molar-refractivity contribution in [2.75, 3.05) is 6.61 Å². The molecule has 2 heterocycles. The van der Waals surface area contributed by atoms with E-state index < -0.39 is 5.97 Å². The summed E-state index contributed by atoms with van der Waals surface area (Å²) in [6.45, 7) is 2.32. The van der Waals surface area contributed by atoms with E-state index in [0.29, 0.717) is 12.1 Å². The fraction of sp³-hybridized carbons (Fsp3) is 0.250. The highest BCUT2D eigenvalue weighted by molar-refractivity contribution is 7.07. The normalized spacial score (nSPS) is 10.4. The van der Waals surface area contributed by atoms with E-state index >= 15 is 0 Å². The molecule has 0 aliphatic heterocycles. The van der Waals surface area contributed by atoms with Gasteiger partial charge in [-0.25, -0.2) is 9.78 Å². The number of pyridine rings is 1. The van der Waals surface area contributed by atoms with Gasteiger partial charge in [0.1, 0.15) is 11.8 Å². The summed E-state index contributed by atoms with van der Waals surface area (Å²) in [5.41, 5.74) is 1.20. The number of carbonyl (C=O) groups excluding carboxylic acids is 1. The molecule has 2 aromatic heterocycles. The summed E-state index contributed by atoms with van der Waals surface area (Å²) in [5.74, 6) is -0.481. The van der Waals surface area contributed by atoms with E-state index in [1.165, 1.54) is 18.3 Å². The van der Waals surface area contributed by atoms with Gasteiger partial charge in [0.05, 0.1) is 12.1 Å². The maximum Gasteiger partial charge on any atom is 0.338 e. The monoisotopic (exact) mass is 298 g/mol. The van der Waals surface area contributed by atoms with Crippen molar-refractivity contribution in [1.82, 2.24) is 9.55 Å². The molecule has 0 spiro atoms. The van der Waals surface area contributed by atoms with Crippen molar-refractivity contribution in [2.45, 2.75) is 13.5 Å². The Bertz CT molecular complexity index is 650. The first kappa shape index (κ1) is 13.8. The summed E-state index contributed by atoms with van der Waals surface area (Å²) in [6, 6.07) is 2.96. The smallest absolute Gasteiger partial charge is 0.338 e. The third kappa shape index (κ3) is 3.42. The van der Waals surface area contributed by atoms with Crippen LogP contribution in [0.15, 0.2) is 28.5 Å². The Hall–Kier alpha value is -1.66. The standard InChI is InChI=1S/C12H11ClN2O3S/c1-8-7-19-12(17)15(8)4-5-18-11(16)9-2-3-14-10(13)6-9/h2-3,6-7H,4-5H2,1H3. The predicted octanol–water partition coefficient (Wildman–Crippen LogP) is 2.12. The van der Waals surface area contributed by atoms with Gasteiger partial charge < -0.3 is 4.74 Å². The van der Waals surface area contributed by atoms with E-state index in [-0.39, 0.29) is 16.6 Å². The highest BCUT2D eigenvalue weighted by atomic mass is 35.5. The zero-order chi connectivity index (χ0) is 13.8. The molecule has 0 unspecified atom stereocenters. The van der Waals surface area contributed by atoms with Crippen LogP contribution in [-0.2, 0) is 11.3 Å². The van der Waals surface area contributed by atoms with Crippen LogP contribution >= 0.6 is 22.9 Å². The Morgan fingerprint density at radius 1 is 1.58 bits per heavy atom. The minimum atomic E-state index is -0.481. The quantitative estimate of drug-likeness (QED) is 0.641. The lowest BCUT2D eigenvalue weighted by molar-refractivity contribution is 0.0490. The van der Waals surface area contributed by atoms with Crippen LogP contribution in [0.25, 0.3) is 0 Å². The first-order chi connectivity index (χ1) is 9.08. The molecule has 7 heteroatoms. The van der Waals surface area contributed by atoms with Crippen LogP contribution in [0.4, 0.5) is 0 Å². The van der Waals surface area contributed by atoms with E-state index in [2.05, 4.69) is 4.98 Å². The minimum Gasteiger partial charge on any atom is -0.460 e. The Labute approximate surface area is 118 Å². The SMILES string of the molecule is Cc1csc(=O)n1CCOC(=O)c1ccnc(Cl)c1. The number of aromatic nitrogens is 2. The molecule has 0 atom stereocenters. The van der Waals surface area contributed by atoms with Gasteiger partial charge in [-0.2, -0.15) is 0 Å². The van der Waals surface area contributed by atoms with E-state index in [1.54, 1.807) is 9.95 Å². The fourth-order valence-corrected chi connectivity index (χ4v) is 2.45. The Morgan fingerprint density at radius 2 is 2.37 bits per heavy atom. The topological polar surface area (TPSA) is 61.2 Å². The van der Waals surface area contributed by atoms with Gasteiger partial charge >= 0.3 is 10.8 Å². The van der Waals surface area contributed by atoms with Gasteiger partial charge in [0.2, 0.25) is 0 Å². The van der Waals surface area contributed by atoms with Gasteiger partial charge in [-0.05, 0) is 19.1 Å². The number of esters is 1. The molecule has 2 aromatic rings. The van der Waals surface area contributed by atoms with Crippen molar-refractivity contribution in [3.63, 3.8) is 0 Å². The zero-order valence-electron chi connectivity index (χ0n) is 10.1. The summed E-state index contributed by atoms with van der Waals surface area (Å²) < 4.78 is 6.65. The van der Waals surface area contributed by atoms with Gasteiger partial charge in [0.25, 0.3) is 0 Å². The van der Waals surface area contributed by atoms with Crippen LogP contribution in [0.1, 0.15) is 16.1 Å². The molecule has 0 aliphatic carbocycles. The molecule has 0 fully saturated rings. The van der Waals surface area contributed by atoms with E-state index in [9.17, 15) is 9.59 Å². The lowest BCUT2D eigenvalue weighted by atomic mass is 10.3. The molecule has 0 bridgehead atoms. The number of rotatable bonds is 4. The number of carbonyl (C=O) groups is 1. The first-order valence-electron chi connectivity index (χ1n) is 5.51. The highest BCUT2D eigenvalue weighted by Crippen LogP contribution is 2.08. The lowest BCUT2D eigenvalue weighted by Gasteiger charge is -2.06. The van der Waals surface area contributed by atoms with Crippen molar-refractivity contribution in [2.24, 2.45) is 0 Å². The number of hydrogen-bond acceptors (Lipinski definition) is 5. The van der Waals surface area contributed by atoms with E-state index in [4.69, 9.17) is 16.3 Å². The number of halogens is 1. The summed E-state index contributed by atoms with van der Waals surface area (Å²) >= 11 is 6.81. The fourth-order valence-electron chi connectivity index (χ4n) is 1.52. The molecule has 0 saturated carbocycles. The molecule has 19 heavy (non-hydrogen) atoms. The van der Waals surface area contributed by atoms with Crippen LogP contribution in [0.3, 0.4) is 0 Å². The maximum atomic E-state index is 11.7. The average Bonchev–Trinajstić information content (AvgIpc) is 2.70. The predicted molar refractivity (Wildman–Crippen MR) is 72.8 cm³/mol. The molecule has 0 N–H and O–H groups in total. The number of aryl methyl sites for hydroxylation is 1. The van der Waals surface area contributed by atoms with E-state index in [1.807, 2.05) is 6.92 Å². The van der Waals surface area contributed by atoms with E-state index in [0.717, 1.165) is 17.0 Å². The van der Waals surface area contributed by atoms with Crippen molar-refractivity contribution in [1.29, 1.82) is 0 Å². The molecule has 2 rings (SSSR count). The molecule has 0 amide bonds.